The number of benzene rings is 1. The van der Waals surface area contributed by atoms with Crippen LogP contribution in [0.3, 0.4) is 0 Å². The predicted octanol–water partition coefficient (Wildman–Crippen LogP) is 4.64. The molecule has 2 heterocycles. The second-order valence-electron chi connectivity index (χ2n) is 5.77. The zero-order chi connectivity index (χ0) is 15.5. The first-order valence-electron chi connectivity index (χ1n) is 7.77. The Bertz CT molecular complexity index is 693. The molecule has 0 aliphatic carbocycles. The number of aromatic nitrogens is 2. The van der Waals surface area contributed by atoms with Crippen LogP contribution in [0, 0.1) is 13.8 Å². The Hall–Kier alpha value is -2.36. The number of hydrogen-bond acceptors (Lipinski definition) is 4. The second-order valence-corrected chi connectivity index (χ2v) is 5.77. The molecule has 0 radical (unpaired) electrons. The Balaban J connectivity index is 1.96. The number of nitrogens with one attached hydrogen (secondary N) is 1. The maximum Gasteiger partial charge on any atom is 0.160 e. The number of aryl methyl sites for hydroxylation is 2. The van der Waals surface area contributed by atoms with Crippen molar-refractivity contribution in [2.75, 3.05) is 16.8 Å². The third-order valence-corrected chi connectivity index (χ3v) is 4.16. The van der Waals surface area contributed by atoms with Crippen LogP contribution in [-0.4, -0.2) is 16.5 Å². The van der Waals surface area contributed by atoms with Gasteiger partial charge in [0.05, 0.1) is 17.6 Å². The molecule has 0 unspecified atom stereocenters. The van der Waals surface area contributed by atoms with Gasteiger partial charge in [-0.1, -0.05) is 6.08 Å². The maximum atomic E-state index is 4.48. The molecule has 0 saturated heterocycles. The Morgan fingerprint density at radius 2 is 2.00 bits per heavy atom. The van der Waals surface area contributed by atoms with Crippen LogP contribution in [-0.2, 0) is 0 Å². The van der Waals surface area contributed by atoms with E-state index in [4.69, 9.17) is 0 Å². The van der Waals surface area contributed by atoms with Crippen molar-refractivity contribution in [3.05, 3.63) is 48.4 Å². The van der Waals surface area contributed by atoms with E-state index in [0.29, 0.717) is 0 Å². The van der Waals surface area contributed by atoms with E-state index >= 15 is 0 Å². The van der Waals surface area contributed by atoms with Crippen LogP contribution < -0.4 is 10.2 Å². The van der Waals surface area contributed by atoms with Gasteiger partial charge in [0, 0.05) is 6.54 Å². The number of rotatable bonds is 5. The minimum absolute atomic E-state index is 0.953. The average Bonchev–Trinajstić information content (AvgIpc) is 2.52. The third kappa shape index (κ3) is 2.69. The quantitative estimate of drug-likeness (QED) is 0.644. The van der Waals surface area contributed by atoms with E-state index in [0.717, 1.165) is 43.0 Å². The molecule has 0 fully saturated rings. The molecule has 0 spiro atoms. The zero-order valence-electron chi connectivity index (χ0n) is 13.3. The SMILES string of the molecule is C=CCCCCN1c2cc(C)c(C)cc2Nc2cncnc21. The normalized spacial score (nSPS) is 12.4. The van der Waals surface area contributed by atoms with E-state index in [1.165, 1.54) is 16.8 Å². The molecule has 3 rings (SSSR count). The Morgan fingerprint density at radius 3 is 2.82 bits per heavy atom. The van der Waals surface area contributed by atoms with Crippen molar-refractivity contribution < 1.29 is 0 Å². The van der Waals surface area contributed by atoms with E-state index in [1.807, 2.05) is 12.3 Å². The molecule has 1 aliphatic heterocycles. The van der Waals surface area contributed by atoms with Gasteiger partial charge in [-0.25, -0.2) is 9.97 Å². The topological polar surface area (TPSA) is 41.0 Å². The second kappa shape index (κ2) is 6.18. The van der Waals surface area contributed by atoms with Crippen LogP contribution >= 0.6 is 0 Å². The van der Waals surface area contributed by atoms with Crippen molar-refractivity contribution in [3.63, 3.8) is 0 Å². The molecule has 2 aromatic rings. The molecular formula is C18H22N4. The predicted molar refractivity (Wildman–Crippen MR) is 92.3 cm³/mol. The Labute approximate surface area is 131 Å². The third-order valence-electron chi connectivity index (χ3n) is 4.16. The van der Waals surface area contributed by atoms with Crippen LogP contribution in [0.15, 0.2) is 37.3 Å². The van der Waals surface area contributed by atoms with E-state index < -0.39 is 0 Å². The summed E-state index contributed by atoms with van der Waals surface area (Å²) in [6.07, 6.45) is 8.76. The van der Waals surface area contributed by atoms with Crippen LogP contribution in [0.25, 0.3) is 0 Å². The monoisotopic (exact) mass is 294 g/mol. The maximum absolute atomic E-state index is 4.48. The van der Waals surface area contributed by atoms with Crippen molar-refractivity contribution in [3.8, 4) is 0 Å². The molecule has 22 heavy (non-hydrogen) atoms. The average molecular weight is 294 g/mol. The summed E-state index contributed by atoms with van der Waals surface area (Å²) in [6, 6.07) is 4.45. The van der Waals surface area contributed by atoms with Crippen molar-refractivity contribution in [2.24, 2.45) is 0 Å². The summed E-state index contributed by atoms with van der Waals surface area (Å²) in [6.45, 7) is 9.04. The van der Waals surface area contributed by atoms with Gasteiger partial charge < -0.3 is 10.2 Å². The van der Waals surface area contributed by atoms with Gasteiger partial charge in [0.15, 0.2) is 5.82 Å². The fourth-order valence-corrected chi connectivity index (χ4v) is 2.79. The van der Waals surface area contributed by atoms with E-state index in [2.05, 4.69) is 52.7 Å². The highest BCUT2D eigenvalue weighted by atomic mass is 15.3. The molecule has 0 bridgehead atoms. The molecular weight excluding hydrogens is 272 g/mol. The molecule has 0 saturated carbocycles. The summed E-state index contributed by atoms with van der Waals surface area (Å²) in [5, 5.41) is 3.46. The highest BCUT2D eigenvalue weighted by Crippen LogP contribution is 2.43. The summed E-state index contributed by atoms with van der Waals surface area (Å²) in [5.41, 5.74) is 5.90. The van der Waals surface area contributed by atoms with E-state index in [-0.39, 0.29) is 0 Å². The van der Waals surface area contributed by atoms with Gasteiger partial charge >= 0.3 is 0 Å². The number of unbranched alkanes of at least 4 members (excludes halogenated alkanes) is 2. The minimum Gasteiger partial charge on any atom is -0.350 e. The number of anilines is 4. The molecule has 114 valence electrons. The minimum atomic E-state index is 0.953. The van der Waals surface area contributed by atoms with Gasteiger partial charge in [0.1, 0.15) is 12.0 Å². The number of nitrogens with zero attached hydrogens (tertiary/aromatic N) is 3. The lowest BCUT2D eigenvalue weighted by Gasteiger charge is -2.33. The van der Waals surface area contributed by atoms with Gasteiger partial charge in [-0.3, -0.25) is 0 Å². The van der Waals surface area contributed by atoms with Gasteiger partial charge in [-0.05, 0) is 56.4 Å². The summed E-state index contributed by atoms with van der Waals surface area (Å²) in [5.74, 6) is 0.962. The van der Waals surface area contributed by atoms with Crippen molar-refractivity contribution >= 4 is 22.9 Å². The fraction of sp³-hybridized carbons (Fsp3) is 0.333. The van der Waals surface area contributed by atoms with Crippen LogP contribution in [0.1, 0.15) is 30.4 Å². The smallest absolute Gasteiger partial charge is 0.160 e. The van der Waals surface area contributed by atoms with Gasteiger partial charge in [-0.2, -0.15) is 0 Å². The first-order chi connectivity index (χ1) is 10.7. The van der Waals surface area contributed by atoms with Crippen molar-refractivity contribution in [1.82, 2.24) is 9.97 Å². The van der Waals surface area contributed by atoms with Crippen LogP contribution in [0.4, 0.5) is 22.9 Å². The van der Waals surface area contributed by atoms with Gasteiger partial charge in [0.25, 0.3) is 0 Å². The summed E-state index contributed by atoms with van der Waals surface area (Å²) in [4.78, 5) is 10.9. The van der Waals surface area contributed by atoms with Gasteiger partial charge in [-0.15, -0.1) is 6.58 Å². The van der Waals surface area contributed by atoms with Crippen molar-refractivity contribution in [2.45, 2.75) is 33.1 Å². The number of fused-ring (bicyclic) bond motifs is 2. The molecule has 4 nitrogen and oxygen atoms in total. The molecule has 4 heteroatoms. The van der Waals surface area contributed by atoms with Crippen LogP contribution in [0.2, 0.25) is 0 Å². The molecule has 1 N–H and O–H groups in total. The summed E-state index contributed by atoms with van der Waals surface area (Å²) in [7, 11) is 0. The lowest BCUT2D eigenvalue weighted by Crippen LogP contribution is -2.25. The lowest BCUT2D eigenvalue weighted by molar-refractivity contribution is 0.739. The molecule has 1 aliphatic rings. The number of allylic oxidation sites excluding steroid dienone is 1. The Morgan fingerprint density at radius 1 is 1.18 bits per heavy atom. The first kappa shape index (κ1) is 14.6. The molecule has 0 atom stereocenters. The molecule has 0 amide bonds. The lowest BCUT2D eigenvalue weighted by atomic mass is 10.0. The molecule has 1 aromatic heterocycles. The van der Waals surface area contributed by atoms with E-state index in [1.54, 1.807) is 6.33 Å². The highest BCUT2D eigenvalue weighted by molar-refractivity contribution is 5.90. The van der Waals surface area contributed by atoms with Gasteiger partial charge in [0.2, 0.25) is 0 Å². The largest absolute Gasteiger partial charge is 0.350 e. The van der Waals surface area contributed by atoms with Crippen molar-refractivity contribution in [1.29, 1.82) is 0 Å². The first-order valence-corrected chi connectivity index (χ1v) is 7.77. The standard InChI is InChI=1S/C18H22N4/c1-4-5-6-7-8-22-17-10-14(3)13(2)9-15(17)21-16-11-19-12-20-18(16)22/h4,9-12,21H,1,5-8H2,2-3H3. The summed E-state index contributed by atoms with van der Waals surface area (Å²) >= 11 is 0. The fourth-order valence-electron chi connectivity index (χ4n) is 2.79. The zero-order valence-corrected chi connectivity index (χ0v) is 13.3. The summed E-state index contributed by atoms with van der Waals surface area (Å²) < 4.78 is 0. The molecule has 1 aromatic carbocycles. The van der Waals surface area contributed by atoms with Crippen LogP contribution in [0.5, 0.6) is 0 Å². The highest BCUT2D eigenvalue weighted by Gasteiger charge is 2.24. The van der Waals surface area contributed by atoms with E-state index in [9.17, 15) is 0 Å². The Kier molecular flexibility index (Phi) is 4.09. The number of hydrogen-bond donors (Lipinski definition) is 1.